The van der Waals surface area contributed by atoms with Crippen LogP contribution >= 0.6 is 0 Å². The fourth-order valence-electron chi connectivity index (χ4n) is 4.28. The van der Waals surface area contributed by atoms with Gasteiger partial charge in [0.1, 0.15) is 0 Å². The van der Waals surface area contributed by atoms with Crippen molar-refractivity contribution in [2.24, 2.45) is 5.92 Å². The van der Waals surface area contributed by atoms with Gasteiger partial charge in [0.05, 0.1) is 18.2 Å². The van der Waals surface area contributed by atoms with Crippen LogP contribution in [-0.2, 0) is 16.0 Å². The van der Waals surface area contributed by atoms with Crippen molar-refractivity contribution in [2.45, 2.75) is 31.8 Å². The Balaban J connectivity index is 0.000000755. The minimum atomic E-state index is -0.452. The van der Waals surface area contributed by atoms with Crippen molar-refractivity contribution in [2.75, 3.05) is 32.7 Å². The molecule has 2 aliphatic rings. The van der Waals surface area contributed by atoms with Gasteiger partial charge in [0, 0.05) is 30.6 Å². The predicted molar refractivity (Wildman–Crippen MR) is 111 cm³/mol. The number of benzene rings is 1. The number of carbonyl (C=O) groups excluding carboxylic acids is 1. The molecule has 156 valence electrons. The number of hydrogen-bond acceptors (Lipinski definition) is 5. The summed E-state index contributed by atoms with van der Waals surface area (Å²) >= 11 is 0. The first kappa shape index (κ1) is 21.2. The molecule has 2 fully saturated rings. The fourth-order valence-corrected chi connectivity index (χ4v) is 4.28. The molecule has 0 radical (unpaired) electrons. The zero-order valence-corrected chi connectivity index (χ0v) is 16.6. The molecule has 7 nitrogen and oxygen atoms in total. The van der Waals surface area contributed by atoms with Crippen LogP contribution in [0.25, 0.3) is 10.9 Å². The predicted octanol–water partition coefficient (Wildman–Crippen LogP) is 1.78. The summed E-state index contributed by atoms with van der Waals surface area (Å²) in [5.74, 6) is 0.249. The molecule has 29 heavy (non-hydrogen) atoms. The molecule has 2 aliphatic heterocycles. The molecule has 2 aromatic rings. The van der Waals surface area contributed by atoms with Crippen LogP contribution in [0.5, 0.6) is 0 Å². The molecule has 0 saturated carbocycles. The van der Waals surface area contributed by atoms with Crippen LogP contribution in [-0.4, -0.2) is 76.2 Å². The summed E-state index contributed by atoms with van der Waals surface area (Å²) in [5.41, 5.74) is 2.18. The van der Waals surface area contributed by atoms with Gasteiger partial charge < -0.3 is 15.1 Å². The summed E-state index contributed by atoms with van der Waals surface area (Å²) in [5, 5.41) is 18.6. The van der Waals surface area contributed by atoms with Gasteiger partial charge in [-0.25, -0.2) is 0 Å². The second-order valence-corrected chi connectivity index (χ2v) is 7.76. The van der Waals surface area contributed by atoms with Crippen LogP contribution in [0.15, 0.2) is 36.5 Å². The first-order valence-corrected chi connectivity index (χ1v) is 10.2. The number of piperidine rings is 1. The maximum absolute atomic E-state index is 12.6. The van der Waals surface area contributed by atoms with Crippen LogP contribution in [0.1, 0.15) is 24.8 Å². The lowest BCUT2D eigenvalue weighted by molar-refractivity contribution is -0.132. The first-order valence-electron chi connectivity index (χ1n) is 10.2. The summed E-state index contributed by atoms with van der Waals surface area (Å²) in [6, 6.07) is 10.1. The molecule has 1 amide bonds. The van der Waals surface area contributed by atoms with Crippen molar-refractivity contribution < 1.29 is 19.8 Å². The maximum atomic E-state index is 12.6. The zero-order chi connectivity index (χ0) is 20.6. The SMILES string of the molecule is O=C(CN1CCCCC1)N1C[C@@H](Cc2ccnc3ccccc23)[C@H](O)C1.O=CO. The number of para-hydroxylation sites is 1. The second kappa shape index (κ2) is 10.3. The van der Waals surface area contributed by atoms with E-state index in [-0.39, 0.29) is 18.3 Å². The Morgan fingerprint density at radius 3 is 2.62 bits per heavy atom. The number of amides is 1. The average molecular weight is 399 g/mol. The number of rotatable bonds is 4. The Kier molecular flexibility index (Phi) is 7.55. The number of fused-ring (bicyclic) bond motifs is 1. The number of aliphatic hydroxyl groups is 1. The van der Waals surface area contributed by atoms with Gasteiger partial charge in [-0.05, 0) is 50.0 Å². The van der Waals surface area contributed by atoms with E-state index in [2.05, 4.69) is 16.0 Å². The Morgan fingerprint density at radius 1 is 1.14 bits per heavy atom. The Hall–Kier alpha value is -2.51. The monoisotopic (exact) mass is 399 g/mol. The molecular weight excluding hydrogens is 370 g/mol. The normalized spacial score (nSPS) is 22.2. The highest BCUT2D eigenvalue weighted by atomic mass is 16.3. The van der Waals surface area contributed by atoms with E-state index in [9.17, 15) is 9.90 Å². The van der Waals surface area contributed by atoms with Crippen LogP contribution in [0.4, 0.5) is 0 Å². The van der Waals surface area contributed by atoms with E-state index in [0.29, 0.717) is 19.6 Å². The molecule has 2 N–H and O–H groups in total. The highest BCUT2D eigenvalue weighted by Gasteiger charge is 2.34. The largest absolute Gasteiger partial charge is 0.483 e. The van der Waals surface area contributed by atoms with Gasteiger partial charge in [-0.15, -0.1) is 0 Å². The summed E-state index contributed by atoms with van der Waals surface area (Å²) in [4.78, 5) is 29.5. The van der Waals surface area contributed by atoms with E-state index in [0.717, 1.165) is 30.4 Å². The Bertz CT molecular complexity index is 817. The third-order valence-corrected chi connectivity index (χ3v) is 5.79. The molecule has 7 heteroatoms. The number of aromatic nitrogens is 1. The quantitative estimate of drug-likeness (QED) is 0.762. The lowest BCUT2D eigenvalue weighted by Gasteiger charge is -2.27. The molecule has 1 aromatic heterocycles. The van der Waals surface area contributed by atoms with Gasteiger partial charge in [0.2, 0.25) is 5.91 Å². The molecule has 0 unspecified atom stereocenters. The van der Waals surface area contributed by atoms with E-state index in [1.807, 2.05) is 35.4 Å². The summed E-state index contributed by atoms with van der Waals surface area (Å²) in [7, 11) is 0. The van der Waals surface area contributed by atoms with Crippen LogP contribution in [0, 0.1) is 5.92 Å². The van der Waals surface area contributed by atoms with Gasteiger partial charge in [-0.1, -0.05) is 24.6 Å². The van der Waals surface area contributed by atoms with Crippen LogP contribution in [0.2, 0.25) is 0 Å². The molecule has 3 heterocycles. The molecular formula is C22H29N3O4. The van der Waals surface area contributed by atoms with Gasteiger partial charge in [-0.3, -0.25) is 19.5 Å². The highest BCUT2D eigenvalue weighted by molar-refractivity contribution is 5.82. The number of carbonyl (C=O) groups is 2. The maximum Gasteiger partial charge on any atom is 0.290 e. The third kappa shape index (κ3) is 5.52. The standard InChI is InChI=1S/C21H27N3O2.CH2O2/c25-20-14-24(21(26)15-23-10-4-1-5-11-23)13-17(20)12-16-8-9-22-19-7-3-2-6-18(16)19;2-1-3/h2-3,6-9,17,20,25H,1,4-5,10-15H2;1H,(H,2,3)/t17-,20-;/m1./s1. The van der Waals surface area contributed by atoms with Crippen molar-refractivity contribution in [3.63, 3.8) is 0 Å². The second-order valence-electron chi connectivity index (χ2n) is 7.76. The van der Waals surface area contributed by atoms with E-state index >= 15 is 0 Å². The minimum Gasteiger partial charge on any atom is -0.483 e. The smallest absolute Gasteiger partial charge is 0.290 e. The molecule has 0 aliphatic carbocycles. The molecule has 0 spiro atoms. The lowest BCUT2D eigenvalue weighted by Crippen LogP contribution is -2.41. The molecule has 2 saturated heterocycles. The number of β-amino-alcohol motifs (C(OH)–C–C–N with tert-alkyl or cyclic N) is 1. The van der Waals surface area contributed by atoms with Crippen molar-refractivity contribution in [3.05, 3.63) is 42.1 Å². The Morgan fingerprint density at radius 2 is 1.86 bits per heavy atom. The van der Waals surface area contributed by atoms with Crippen LogP contribution < -0.4 is 0 Å². The molecule has 2 atom stereocenters. The minimum absolute atomic E-state index is 0.0890. The Labute approximate surface area is 171 Å². The van der Waals surface area contributed by atoms with E-state index in [1.54, 1.807) is 0 Å². The number of hydrogen-bond donors (Lipinski definition) is 2. The first-order chi connectivity index (χ1) is 14.1. The van der Waals surface area contributed by atoms with E-state index in [4.69, 9.17) is 9.90 Å². The highest BCUT2D eigenvalue weighted by Crippen LogP contribution is 2.25. The van der Waals surface area contributed by atoms with Crippen molar-refractivity contribution in [3.8, 4) is 0 Å². The van der Waals surface area contributed by atoms with Crippen molar-refractivity contribution in [1.82, 2.24) is 14.8 Å². The average Bonchev–Trinajstić information content (AvgIpc) is 3.10. The number of pyridine rings is 1. The van der Waals surface area contributed by atoms with Gasteiger partial charge in [0.25, 0.3) is 6.47 Å². The number of likely N-dealkylation sites (tertiary alicyclic amines) is 2. The zero-order valence-electron chi connectivity index (χ0n) is 16.6. The summed E-state index contributed by atoms with van der Waals surface area (Å²) in [6.45, 7) is 3.39. The van der Waals surface area contributed by atoms with Gasteiger partial charge in [-0.2, -0.15) is 0 Å². The number of aliphatic hydroxyl groups excluding tert-OH is 1. The van der Waals surface area contributed by atoms with Gasteiger partial charge in [0.15, 0.2) is 0 Å². The molecule has 0 bridgehead atoms. The summed E-state index contributed by atoms with van der Waals surface area (Å²) in [6.07, 6.45) is 5.80. The topological polar surface area (TPSA) is 94.0 Å². The van der Waals surface area contributed by atoms with E-state index < -0.39 is 6.10 Å². The third-order valence-electron chi connectivity index (χ3n) is 5.79. The molecule has 1 aromatic carbocycles. The number of carboxylic acid groups (broad SMARTS) is 1. The number of nitrogens with zero attached hydrogens (tertiary/aromatic N) is 3. The van der Waals surface area contributed by atoms with Gasteiger partial charge >= 0.3 is 0 Å². The molecule has 4 rings (SSSR count). The van der Waals surface area contributed by atoms with Crippen molar-refractivity contribution in [1.29, 1.82) is 0 Å². The van der Waals surface area contributed by atoms with E-state index in [1.165, 1.54) is 24.8 Å². The fraction of sp³-hybridized carbons (Fsp3) is 0.500. The van der Waals surface area contributed by atoms with Crippen LogP contribution in [0.3, 0.4) is 0 Å². The van der Waals surface area contributed by atoms with Crippen molar-refractivity contribution >= 4 is 23.3 Å². The lowest BCUT2D eigenvalue weighted by atomic mass is 9.94. The summed E-state index contributed by atoms with van der Waals surface area (Å²) < 4.78 is 0.